The number of nitriles is 1. The van der Waals surface area contributed by atoms with Crippen molar-refractivity contribution >= 4 is 10.0 Å². The lowest BCUT2D eigenvalue weighted by Gasteiger charge is -2.15. The molecular formula is C10H16N4O2S. The highest BCUT2D eigenvalue weighted by Crippen LogP contribution is 2.18. The number of aromatic amines is 1. The number of aryl methyl sites for hydroxylation is 2. The quantitative estimate of drug-likeness (QED) is 0.834. The zero-order valence-electron chi connectivity index (χ0n) is 10.3. The van der Waals surface area contributed by atoms with Crippen molar-refractivity contribution in [1.82, 2.24) is 14.9 Å². The van der Waals surface area contributed by atoms with E-state index in [2.05, 4.69) is 14.9 Å². The molecule has 1 heterocycles. The van der Waals surface area contributed by atoms with Gasteiger partial charge < -0.3 is 0 Å². The van der Waals surface area contributed by atoms with Crippen molar-refractivity contribution in [3.05, 3.63) is 11.4 Å². The van der Waals surface area contributed by atoms with E-state index in [1.165, 1.54) is 0 Å². The van der Waals surface area contributed by atoms with Crippen molar-refractivity contribution < 1.29 is 8.42 Å². The van der Waals surface area contributed by atoms with E-state index in [1.54, 1.807) is 27.7 Å². The topological polar surface area (TPSA) is 98.6 Å². The van der Waals surface area contributed by atoms with Crippen molar-refractivity contribution in [3.63, 3.8) is 0 Å². The Morgan fingerprint density at radius 1 is 1.47 bits per heavy atom. The Morgan fingerprint density at radius 3 is 2.47 bits per heavy atom. The number of aromatic nitrogens is 2. The van der Waals surface area contributed by atoms with Gasteiger partial charge in [-0.25, -0.2) is 13.1 Å². The zero-order valence-corrected chi connectivity index (χ0v) is 11.1. The molecule has 0 bridgehead atoms. The minimum atomic E-state index is -3.62. The largest absolute Gasteiger partial charge is 0.281 e. The highest BCUT2D eigenvalue weighted by molar-refractivity contribution is 7.89. The molecule has 0 saturated heterocycles. The number of sulfonamides is 1. The summed E-state index contributed by atoms with van der Waals surface area (Å²) in [5.41, 5.74) is 0.174. The molecule has 1 aromatic heterocycles. The van der Waals surface area contributed by atoms with Crippen LogP contribution in [0.2, 0.25) is 0 Å². The molecule has 17 heavy (non-hydrogen) atoms. The van der Waals surface area contributed by atoms with Gasteiger partial charge in [0.1, 0.15) is 4.90 Å². The third-order valence-electron chi connectivity index (χ3n) is 2.34. The second-order valence-corrected chi connectivity index (χ2v) is 6.29. The molecule has 0 aliphatic rings. The van der Waals surface area contributed by atoms with Gasteiger partial charge in [0.15, 0.2) is 0 Å². The fraction of sp³-hybridized carbons (Fsp3) is 0.600. The molecular weight excluding hydrogens is 240 g/mol. The number of nitrogens with one attached hydrogen (secondary N) is 2. The number of rotatable bonds is 4. The van der Waals surface area contributed by atoms with Gasteiger partial charge in [0.25, 0.3) is 0 Å². The van der Waals surface area contributed by atoms with Gasteiger partial charge in [0.05, 0.1) is 22.9 Å². The minimum absolute atomic E-state index is 0.0654. The first-order valence-corrected chi connectivity index (χ1v) is 6.60. The lowest BCUT2D eigenvalue weighted by Crippen LogP contribution is -2.33. The minimum Gasteiger partial charge on any atom is -0.281 e. The molecule has 0 aromatic carbocycles. The van der Waals surface area contributed by atoms with E-state index in [0.717, 1.165) is 0 Å². The zero-order chi connectivity index (χ0) is 13.3. The van der Waals surface area contributed by atoms with Gasteiger partial charge in [-0.1, -0.05) is 0 Å². The third-order valence-corrected chi connectivity index (χ3v) is 4.00. The summed E-state index contributed by atoms with van der Waals surface area (Å²) >= 11 is 0. The number of hydrogen-bond donors (Lipinski definition) is 2. The standard InChI is InChI=1S/C10H16N4O2S/c1-7-9(8(2)14-13-7)17(15,16)12-6-10(3,4)5-11/h12H,6H2,1-4H3,(H,13,14). The summed E-state index contributed by atoms with van der Waals surface area (Å²) in [6, 6.07) is 2.04. The molecule has 2 N–H and O–H groups in total. The Morgan fingerprint density at radius 2 is 2.06 bits per heavy atom. The SMILES string of the molecule is Cc1n[nH]c(C)c1S(=O)(=O)NCC(C)(C)C#N. The van der Waals surface area contributed by atoms with Crippen LogP contribution in [0.3, 0.4) is 0 Å². The Balaban J connectivity index is 2.96. The molecule has 0 unspecified atom stereocenters. The summed E-state index contributed by atoms with van der Waals surface area (Å²) in [4.78, 5) is 0.159. The van der Waals surface area contributed by atoms with Crippen LogP contribution in [0.1, 0.15) is 25.2 Å². The summed E-state index contributed by atoms with van der Waals surface area (Å²) in [5, 5.41) is 15.3. The summed E-state index contributed by atoms with van der Waals surface area (Å²) in [6.07, 6.45) is 0. The first-order chi connectivity index (χ1) is 7.69. The maximum Gasteiger partial charge on any atom is 0.244 e. The Hall–Kier alpha value is -1.39. The lowest BCUT2D eigenvalue weighted by molar-refractivity contribution is 0.478. The molecule has 0 fully saturated rings. The second-order valence-electron chi connectivity index (χ2n) is 4.58. The number of hydrogen-bond acceptors (Lipinski definition) is 4. The fourth-order valence-corrected chi connectivity index (χ4v) is 2.90. The predicted molar refractivity (Wildman–Crippen MR) is 62.6 cm³/mol. The first-order valence-electron chi connectivity index (χ1n) is 5.12. The van der Waals surface area contributed by atoms with Crippen LogP contribution in [-0.2, 0) is 10.0 Å². The van der Waals surface area contributed by atoms with E-state index in [-0.39, 0.29) is 11.4 Å². The molecule has 0 atom stereocenters. The molecule has 7 heteroatoms. The fourth-order valence-electron chi connectivity index (χ4n) is 1.32. The molecule has 94 valence electrons. The molecule has 0 spiro atoms. The number of nitrogens with zero attached hydrogens (tertiary/aromatic N) is 2. The Bertz CT molecular complexity index is 532. The summed E-state index contributed by atoms with van der Waals surface area (Å²) in [6.45, 7) is 6.67. The van der Waals surface area contributed by atoms with Gasteiger partial charge >= 0.3 is 0 Å². The highest BCUT2D eigenvalue weighted by Gasteiger charge is 2.25. The average Bonchev–Trinajstić information content (AvgIpc) is 2.57. The van der Waals surface area contributed by atoms with Crippen LogP contribution in [0.25, 0.3) is 0 Å². The van der Waals surface area contributed by atoms with Crippen LogP contribution in [0.15, 0.2) is 4.90 Å². The van der Waals surface area contributed by atoms with Crippen molar-refractivity contribution in [2.75, 3.05) is 6.54 Å². The van der Waals surface area contributed by atoms with Crippen LogP contribution >= 0.6 is 0 Å². The van der Waals surface area contributed by atoms with Crippen LogP contribution in [-0.4, -0.2) is 25.2 Å². The molecule has 0 aliphatic heterocycles. The van der Waals surface area contributed by atoms with Gasteiger partial charge in [-0.2, -0.15) is 10.4 Å². The van der Waals surface area contributed by atoms with Crippen LogP contribution in [0.5, 0.6) is 0 Å². The maximum absolute atomic E-state index is 12.0. The van der Waals surface area contributed by atoms with Gasteiger partial charge in [-0.3, -0.25) is 5.10 Å². The summed E-state index contributed by atoms with van der Waals surface area (Å²) < 4.78 is 26.5. The van der Waals surface area contributed by atoms with E-state index < -0.39 is 15.4 Å². The van der Waals surface area contributed by atoms with Crippen molar-refractivity contribution in [3.8, 4) is 6.07 Å². The average molecular weight is 256 g/mol. The van der Waals surface area contributed by atoms with Crippen LogP contribution in [0, 0.1) is 30.6 Å². The van der Waals surface area contributed by atoms with Crippen LogP contribution in [0.4, 0.5) is 0 Å². The summed E-state index contributed by atoms with van der Waals surface area (Å²) in [7, 11) is -3.62. The van der Waals surface area contributed by atoms with E-state index in [0.29, 0.717) is 11.4 Å². The third kappa shape index (κ3) is 3.05. The van der Waals surface area contributed by atoms with Crippen molar-refractivity contribution in [1.29, 1.82) is 5.26 Å². The van der Waals surface area contributed by atoms with Gasteiger partial charge in [-0.05, 0) is 27.7 Å². The lowest BCUT2D eigenvalue weighted by atomic mass is 9.97. The smallest absolute Gasteiger partial charge is 0.244 e. The highest BCUT2D eigenvalue weighted by atomic mass is 32.2. The number of H-pyrrole nitrogens is 1. The second kappa shape index (κ2) is 4.47. The first kappa shape index (κ1) is 13.7. The Labute approximate surface area is 101 Å². The maximum atomic E-state index is 12.0. The molecule has 0 radical (unpaired) electrons. The van der Waals surface area contributed by atoms with E-state index >= 15 is 0 Å². The van der Waals surface area contributed by atoms with Crippen LogP contribution < -0.4 is 4.72 Å². The monoisotopic (exact) mass is 256 g/mol. The normalized spacial score (nSPS) is 12.4. The molecule has 6 nitrogen and oxygen atoms in total. The molecule has 0 saturated carbocycles. The van der Waals surface area contributed by atoms with E-state index in [9.17, 15) is 8.42 Å². The van der Waals surface area contributed by atoms with Gasteiger partial charge in [-0.15, -0.1) is 0 Å². The molecule has 1 aromatic rings. The van der Waals surface area contributed by atoms with Crippen molar-refractivity contribution in [2.45, 2.75) is 32.6 Å². The molecule has 0 amide bonds. The van der Waals surface area contributed by atoms with E-state index in [1.807, 2.05) is 6.07 Å². The summed E-state index contributed by atoms with van der Waals surface area (Å²) in [5.74, 6) is 0. The van der Waals surface area contributed by atoms with E-state index in [4.69, 9.17) is 5.26 Å². The van der Waals surface area contributed by atoms with Gasteiger partial charge in [0, 0.05) is 6.54 Å². The molecule has 0 aliphatic carbocycles. The predicted octanol–water partition coefficient (Wildman–Crippen LogP) is 0.855. The van der Waals surface area contributed by atoms with Gasteiger partial charge in [0.2, 0.25) is 10.0 Å². The Kier molecular flexibility index (Phi) is 3.59. The molecule has 1 rings (SSSR count). The van der Waals surface area contributed by atoms with Crippen molar-refractivity contribution in [2.24, 2.45) is 5.41 Å².